The van der Waals surface area contributed by atoms with Crippen LogP contribution in [0.15, 0.2) is 28.8 Å². The summed E-state index contributed by atoms with van der Waals surface area (Å²) < 4.78 is 10.1. The molecular weight excluding hydrogens is 230 g/mol. The van der Waals surface area contributed by atoms with Crippen LogP contribution in [0.25, 0.3) is 0 Å². The van der Waals surface area contributed by atoms with E-state index in [0.29, 0.717) is 18.3 Å². The summed E-state index contributed by atoms with van der Waals surface area (Å²) >= 11 is 0. The summed E-state index contributed by atoms with van der Waals surface area (Å²) in [6.07, 6.45) is 0.955. The minimum atomic E-state index is 0.608. The molecule has 2 aromatic rings. The maximum absolute atomic E-state index is 5.11. The zero-order valence-electron chi connectivity index (χ0n) is 10.6. The second-order valence-electron chi connectivity index (χ2n) is 4.01. The van der Waals surface area contributed by atoms with Crippen LogP contribution in [0.1, 0.15) is 17.3 Å². The van der Waals surface area contributed by atoms with Crippen molar-refractivity contribution in [1.82, 2.24) is 15.5 Å². The minimum absolute atomic E-state index is 0.608. The van der Waals surface area contributed by atoms with Crippen molar-refractivity contribution in [3.63, 3.8) is 0 Å². The molecule has 1 aromatic heterocycles. The maximum Gasteiger partial charge on any atom is 0.240 e. The number of nitrogens with one attached hydrogen (secondary N) is 1. The third-order valence-electron chi connectivity index (χ3n) is 2.60. The zero-order valence-corrected chi connectivity index (χ0v) is 10.6. The molecule has 2 rings (SSSR count). The molecule has 5 nitrogen and oxygen atoms in total. The standard InChI is InChI=1S/C13H17N3O2/c1-10-15-13(18-16-10)9-14-8-7-11-3-5-12(17-2)6-4-11/h3-6,14H,7-9H2,1-2H3. The summed E-state index contributed by atoms with van der Waals surface area (Å²) in [6.45, 7) is 3.29. The number of hydrogen-bond donors (Lipinski definition) is 1. The molecule has 0 unspecified atom stereocenters. The second-order valence-corrected chi connectivity index (χ2v) is 4.01. The van der Waals surface area contributed by atoms with E-state index in [4.69, 9.17) is 9.26 Å². The van der Waals surface area contributed by atoms with Crippen LogP contribution >= 0.6 is 0 Å². The molecule has 1 heterocycles. The summed E-state index contributed by atoms with van der Waals surface area (Å²) in [6, 6.07) is 8.07. The average molecular weight is 247 g/mol. The van der Waals surface area contributed by atoms with Crippen molar-refractivity contribution in [1.29, 1.82) is 0 Å². The van der Waals surface area contributed by atoms with Gasteiger partial charge in [-0.15, -0.1) is 0 Å². The third kappa shape index (κ3) is 3.56. The van der Waals surface area contributed by atoms with Crippen molar-refractivity contribution in [2.45, 2.75) is 19.9 Å². The lowest BCUT2D eigenvalue weighted by molar-refractivity contribution is 0.365. The highest BCUT2D eigenvalue weighted by Crippen LogP contribution is 2.11. The van der Waals surface area contributed by atoms with E-state index in [2.05, 4.69) is 27.6 Å². The van der Waals surface area contributed by atoms with Crippen molar-refractivity contribution < 1.29 is 9.26 Å². The van der Waals surface area contributed by atoms with Crippen LogP contribution in [-0.2, 0) is 13.0 Å². The number of nitrogens with zero attached hydrogens (tertiary/aromatic N) is 2. The van der Waals surface area contributed by atoms with E-state index < -0.39 is 0 Å². The number of rotatable bonds is 6. The third-order valence-corrected chi connectivity index (χ3v) is 2.60. The Hall–Kier alpha value is -1.88. The van der Waals surface area contributed by atoms with Crippen LogP contribution in [0.3, 0.4) is 0 Å². The van der Waals surface area contributed by atoms with Gasteiger partial charge in [-0.3, -0.25) is 0 Å². The lowest BCUT2D eigenvalue weighted by Crippen LogP contribution is -2.16. The molecule has 0 spiro atoms. The van der Waals surface area contributed by atoms with Crippen LogP contribution in [0.2, 0.25) is 0 Å². The fraction of sp³-hybridized carbons (Fsp3) is 0.385. The predicted molar refractivity (Wildman–Crippen MR) is 67.4 cm³/mol. The SMILES string of the molecule is COc1ccc(CCNCc2nc(C)no2)cc1. The molecule has 0 radical (unpaired) electrons. The van der Waals surface area contributed by atoms with Crippen molar-refractivity contribution in [3.8, 4) is 5.75 Å². The summed E-state index contributed by atoms with van der Waals surface area (Å²) in [7, 11) is 1.67. The van der Waals surface area contributed by atoms with E-state index in [-0.39, 0.29) is 0 Å². The molecule has 0 aliphatic carbocycles. The van der Waals surface area contributed by atoms with E-state index in [0.717, 1.165) is 18.7 Å². The van der Waals surface area contributed by atoms with Gasteiger partial charge in [0.15, 0.2) is 5.82 Å². The fourth-order valence-electron chi connectivity index (χ4n) is 1.63. The quantitative estimate of drug-likeness (QED) is 0.787. The Labute approximate surface area is 106 Å². The molecule has 18 heavy (non-hydrogen) atoms. The van der Waals surface area contributed by atoms with Gasteiger partial charge in [0.1, 0.15) is 5.75 Å². The van der Waals surface area contributed by atoms with Gasteiger partial charge in [-0.1, -0.05) is 17.3 Å². The van der Waals surface area contributed by atoms with Crippen molar-refractivity contribution in [3.05, 3.63) is 41.5 Å². The van der Waals surface area contributed by atoms with Crippen LogP contribution in [0.4, 0.5) is 0 Å². The molecule has 0 amide bonds. The Morgan fingerprint density at radius 1 is 1.28 bits per heavy atom. The highest BCUT2D eigenvalue weighted by molar-refractivity contribution is 5.27. The van der Waals surface area contributed by atoms with E-state index in [1.165, 1.54) is 5.56 Å². The van der Waals surface area contributed by atoms with Gasteiger partial charge >= 0.3 is 0 Å². The van der Waals surface area contributed by atoms with Crippen LogP contribution in [0, 0.1) is 6.92 Å². The largest absolute Gasteiger partial charge is 0.497 e. The Balaban J connectivity index is 1.71. The first-order valence-electron chi connectivity index (χ1n) is 5.91. The molecule has 1 aromatic carbocycles. The van der Waals surface area contributed by atoms with Crippen LogP contribution in [0.5, 0.6) is 5.75 Å². The average Bonchev–Trinajstić information content (AvgIpc) is 2.81. The van der Waals surface area contributed by atoms with Crippen LogP contribution < -0.4 is 10.1 Å². The Morgan fingerprint density at radius 2 is 2.06 bits per heavy atom. The minimum Gasteiger partial charge on any atom is -0.497 e. The lowest BCUT2D eigenvalue weighted by atomic mass is 10.1. The monoisotopic (exact) mass is 247 g/mol. The van der Waals surface area contributed by atoms with Gasteiger partial charge in [-0.2, -0.15) is 4.98 Å². The number of aromatic nitrogens is 2. The Kier molecular flexibility index (Phi) is 4.30. The molecule has 0 saturated heterocycles. The number of aryl methyl sites for hydroxylation is 1. The normalized spacial score (nSPS) is 10.6. The number of ether oxygens (including phenoxy) is 1. The highest BCUT2D eigenvalue weighted by atomic mass is 16.5. The lowest BCUT2D eigenvalue weighted by Gasteiger charge is -2.04. The molecule has 96 valence electrons. The fourth-order valence-corrected chi connectivity index (χ4v) is 1.63. The topological polar surface area (TPSA) is 60.2 Å². The smallest absolute Gasteiger partial charge is 0.240 e. The van der Waals surface area contributed by atoms with Gasteiger partial charge in [0.2, 0.25) is 5.89 Å². The van der Waals surface area contributed by atoms with Gasteiger partial charge in [0.25, 0.3) is 0 Å². The first-order valence-corrected chi connectivity index (χ1v) is 5.91. The van der Waals surface area contributed by atoms with E-state index in [1.807, 2.05) is 19.1 Å². The van der Waals surface area contributed by atoms with E-state index in [1.54, 1.807) is 7.11 Å². The van der Waals surface area contributed by atoms with Gasteiger partial charge in [-0.05, 0) is 37.6 Å². The molecule has 0 atom stereocenters. The maximum atomic E-state index is 5.11. The summed E-state index contributed by atoms with van der Waals surface area (Å²) in [5, 5.41) is 7.00. The molecule has 0 bridgehead atoms. The van der Waals surface area contributed by atoms with Gasteiger partial charge in [0.05, 0.1) is 13.7 Å². The molecule has 0 fully saturated rings. The summed E-state index contributed by atoms with van der Waals surface area (Å²) in [5.74, 6) is 2.18. The van der Waals surface area contributed by atoms with E-state index >= 15 is 0 Å². The molecule has 0 aliphatic heterocycles. The molecule has 0 aliphatic rings. The molecule has 0 saturated carbocycles. The van der Waals surface area contributed by atoms with E-state index in [9.17, 15) is 0 Å². The second kappa shape index (κ2) is 6.16. The van der Waals surface area contributed by atoms with Crippen molar-refractivity contribution in [2.75, 3.05) is 13.7 Å². The Morgan fingerprint density at radius 3 is 2.67 bits per heavy atom. The summed E-state index contributed by atoms with van der Waals surface area (Å²) in [5.41, 5.74) is 1.27. The van der Waals surface area contributed by atoms with Crippen molar-refractivity contribution in [2.24, 2.45) is 0 Å². The number of hydrogen-bond acceptors (Lipinski definition) is 5. The molecule has 1 N–H and O–H groups in total. The van der Waals surface area contributed by atoms with Crippen LogP contribution in [-0.4, -0.2) is 23.8 Å². The zero-order chi connectivity index (χ0) is 12.8. The first kappa shape index (κ1) is 12.6. The molecule has 5 heteroatoms. The van der Waals surface area contributed by atoms with Crippen molar-refractivity contribution >= 4 is 0 Å². The van der Waals surface area contributed by atoms with Gasteiger partial charge < -0.3 is 14.6 Å². The number of benzene rings is 1. The first-order chi connectivity index (χ1) is 8.78. The predicted octanol–water partition coefficient (Wildman–Crippen LogP) is 1.72. The van der Waals surface area contributed by atoms with Gasteiger partial charge in [-0.25, -0.2) is 0 Å². The Bertz CT molecular complexity index is 479. The summed E-state index contributed by atoms with van der Waals surface area (Å²) in [4.78, 5) is 4.12. The number of methoxy groups -OCH3 is 1. The van der Waals surface area contributed by atoms with Gasteiger partial charge in [0, 0.05) is 0 Å². The molecular formula is C13H17N3O2. The highest BCUT2D eigenvalue weighted by Gasteiger charge is 2.01.